The molecular weight excluding hydrogens is 943 g/mol. The molecule has 0 saturated carbocycles. The lowest BCUT2D eigenvalue weighted by molar-refractivity contribution is -0.138. The van der Waals surface area contributed by atoms with Crippen LogP contribution in [0.4, 0.5) is 5.69 Å². The number of halogens is 5. The molecule has 2 amide bonds. The lowest BCUT2D eigenvalue weighted by atomic mass is 9.97. The van der Waals surface area contributed by atoms with Crippen molar-refractivity contribution in [3.63, 3.8) is 0 Å². The van der Waals surface area contributed by atoms with Gasteiger partial charge in [0, 0.05) is 44.0 Å². The van der Waals surface area contributed by atoms with Crippen LogP contribution in [0.1, 0.15) is 58.1 Å². The molecule has 4 N–H and O–H groups in total. The molecule has 0 aliphatic carbocycles. The van der Waals surface area contributed by atoms with Gasteiger partial charge in [0.2, 0.25) is 11.8 Å². The zero-order chi connectivity index (χ0) is 48.7. The fourth-order valence-electron chi connectivity index (χ4n) is 4.76. The van der Waals surface area contributed by atoms with Crippen LogP contribution in [0.15, 0.2) is 64.9 Å². The van der Waals surface area contributed by atoms with Crippen LogP contribution >= 0.6 is 65.4 Å². The number of nitrogens with two attached hydrogens (primary N) is 1. The molecule has 0 aliphatic rings. The first-order valence-corrected chi connectivity index (χ1v) is 23.6. The highest BCUT2D eigenvalue weighted by atomic mass is 35.5. The Balaban J connectivity index is 0.000000849. The Kier molecular flexibility index (Phi) is 27.8. The summed E-state index contributed by atoms with van der Waals surface area (Å²) < 4.78 is 27.6. The van der Waals surface area contributed by atoms with Crippen molar-refractivity contribution in [2.75, 3.05) is 56.6 Å². The van der Waals surface area contributed by atoms with Crippen molar-refractivity contribution in [2.24, 2.45) is 5.73 Å². The van der Waals surface area contributed by atoms with Crippen molar-refractivity contribution >= 4 is 88.8 Å². The molecule has 1 heterocycles. The minimum Gasteiger partial charge on any atom is -0.480 e. The number of nitrogens with zero attached hydrogens (tertiary/aromatic N) is 4. The van der Waals surface area contributed by atoms with Gasteiger partial charge < -0.3 is 34.5 Å². The molecule has 0 fully saturated rings. The van der Waals surface area contributed by atoms with E-state index in [2.05, 4.69) is 31.1 Å². The number of hydrogen-bond donors (Lipinski definition) is 3. The van der Waals surface area contributed by atoms with Crippen LogP contribution < -0.4 is 21.1 Å². The Morgan fingerprint density at radius 1 is 1.13 bits per heavy atom. The molecule has 63 heavy (non-hydrogen) atoms. The van der Waals surface area contributed by atoms with Crippen molar-refractivity contribution < 1.29 is 42.8 Å². The maximum atomic E-state index is 12.0. The summed E-state index contributed by atoms with van der Waals surface area (Å²) in [4.78, 5) is 56.1. The minimum absolute atomic E-state index is 0.0371. The van der Waals surface area contributed by atoms with Gasteiger partial charge in [-0.2, -0.15) is 4.68 Å². The number of ether oxygens (including phenoxy) is 2. The van der Waals surface area contributed by atoms with E-state index in [1.807, 2.05) is 52.8 Å². The van der Waals surface area contributed by atoms with E-state index in [-0.39, 0.29) is 53.7 Å². The number of terminal acetylenes is 1. The molecule has 2 unspecified atom stereocenters. The van der Waals surface area contributed by atoms with Gasteiger partial charge >= 0.3 is 11.7 Å². The van der Waals surface area contributed by atoms with E-state index in [4.69, 9.17) is 94.1 Å². The van der Waals surface area contributed by atoms with Crippen molar-refractivity contribution in [1.29, 1.82) is 0 Å². The maximum Gasteiger partial charge on any atom is 0.442 e. The van der Waals surface area contributed by atoms with E-state index in [9.17, 15) is 23.7 Å². The highest BCUT2D eigenvalue weighted by Gasteiger charge is 2.25. The summed E-state index contributed by atoms with van der Waals surface area (Å²) in [5.41, 5.74) is 8.11. The molecule has 0 aliphatic heterocycles. The topological polar surface area (TPSA) is 208 Å². The van der Waals surface area contributed by atoms with Gasteiger partial charge in [-0.1, -0.05) is 110 Å². The number of carboxylic acids is 1. The van der Waals surface area contributed by atoms with Crippen molar-refractivity contribution in [3.05, 3.63) is 93.3 Å². The summed E-state index contributed by atoms with van der Waals surface area (Å²) in [6, 6.07) is 7.95. The zero-order valence-corrected chi connectivity index (χ0v) is 41.1. The molecule has 1 aromatic heterocycles. The quantitative estimate of drug-likeness (QED) is 0.0362. The molecule has 3 rings (SSSR count). The largest absolute Gasteiger partial charge is 0.480 e. The van der Waals surface area contributed by atoms with Crippen LogP contribution in [0.2, 0.25) is 10.0 Å². The summed E-state index contributed by atoms with van der Waals surface area (Å²) >= 11 is 28.7. The summed E-state index contributed by atoms with van der Waals surface area (Å²) in [5, 5.41) is 13.0. The first-order valence-electron chi connectivity index (χ1n) is 19.1. The molecular formula is C42H57Cl5N5O10P. The second kappa shape index (κ2) is 29.6. The van der Waals surface area contributed by atoms with Crippen LogP contribution in [0.5, 0.6) is 5.75 Å². The fourth-order valence-corrected chi connectivity index (χ4v) is 6.45. The number of hydrogen-bond acceptors (Lipinski definition) is 10. The number of anilines is 1. The van der Waals surface area contributed by atoms with Gasteiger partial charge in [0.1, 0.15) is 31.0 Å². The average molecular weight is 1000 g/mol. The molecule has 3 aromatic rings. The van der Waals surface area contributed by atoms with Gasteiger partial charge in [-0.25, -0.2) is 4.79 Å². The molecule has 2 aromatic carbocycles. The number of benzene rings is 2. The second-order valence-electron chi connectivity index (χ2n) is 14.2. The van der Waals surface area contributed by atoms with Gasteiger partial charge in [0.25, 0.3) is 5.91 Å². The van der Waals surface area contributed by atoms with Crippen molar-refractivity contribution in [1.82, 2.24) is 14.7 Å². The predicted octanol–water partition coefficient (Wildman–Crippen LogP) is 8.24. The van der Waals surface area contributed by atoms with E-state index in [1.54, 1.807) is 17.1 Å². The minimum atomic E-state index is -3.10. The average Bonchev–Trinajstić information content (AvgIpc) is 3.61. The Morgan fingerprint density at radius 3 is 2.17 bits per heavy atom. The monoisotopic (exact) mass is 997 g/mol. The van der Waals surface area contributed by atoms with Crippen LogP contribution in [-0.4, -0.2) is 105 Å². The number of aryl methyl sites for hydroxylation is 2. The highest BCUT2D eigenvalue weighted by molar-refractivity contribution is 7.57. The van der Waals surface area contributed by atoms with Gasteiger partial charge in [-0.3, -0.25) is 23.8 Å². The summed E-state index contributed by atoms with van der Waals surface area (Å²) in [7, 11) is -3.10. The van der Waals surface area contributed by atoms with Crippen LogP contribution in [0.3, 0.4) is 0 Å². The number of carbonyl (C=O) groups excluding carboxylic acids is 2. The Bertz CT molecular complexity index is 2100. The molecule has 2 atom stereocenters. The molecule has 15 nitrogen and oxygen atoms in total. The number of aliphatic carboxylic acids is 1. The molecule has 0 spiro atoms. The molecule has 350 valence electrons. The number of aromatic nitrogens is 2. The Morgan fingerprint density at radius 2 is 1.73 bits per heavy atom. The third-order valence-electron chi connectivity index (χ3n) is 7.91. The van der Waals surface area contributed by atoms with Gasteiger partial charge in [-0.05, 0) is 43.9 Å². The smallest absolute Gasteiger partial charge is 0.442 e. The normalized spacial score (nSPS) is 12.0. The van der Waals surface area contributed by atoms with Gasteiger partial charge in [0.15, 0.2) is 12.2 Å². The van der Waals surface area contributed by atoms with Crippen LogP contribution in [0.25, 0.3) is 5.69 Å². The number of carboxylic acid groups (broad SMARTS) is 1. The third kappa shape index (κ3) is 21.6. The van der Waals surface area contributed by atoms with Crippen molar-refractivity contribution in [3.8, 4) is 23.8 Å². The maximum absolute atomic E-state index is 12.0. The summed E-state index contributed by atoms with van der Waals surface area (Å²) in [5.74, 6) is 0.677. The molecule has 21 heteroatoms. The number of amides is 2. The predicted molar refractivity (Wildman–Crippen MR) is 254 cm³/mol. The zero-order valence-electron chi connectivity index (χ0n) is 36.4. The van der Waals surface area contributed by atoms with Crippen LogP contribution in [-0.2, 0) is 35.5 Å². The fraction of sp³-hybridized carbons (Fsp3) is 0.452. The van der Waals surface area contributed by atoms with Gasteiger partial charge in [0.05, 0.1) is 21.4 Å². The Labute approximate surface area is 394 Å². The Hall–Kier alpha value is -3.81. The summed E-state index contributed by atoms with van der Waals surface area (Å²) in [6.45, 7) is 21.5. The third-order valence-corrected chi connectivity index (χ3v) is 10.2. The van der Waals surface area contributed by atoms with Crippen molar-refractivity contribution in [2.45, 2.75) is 70.7 Å². The molecule has 0 radical (unpaired) electrons. The van der Waals surface area contributed by atoms with Crippen LogP contribution in [0, 0.1) is 19.3 Å². The second-order valence-corrected chi connectivity index (χ2v) is 18.9. The lowest BCUT2D eigenvalue weighted by Crippen LogP contribution is -2.35. The number of alkyl halides is 3. The lowest BCUT2D eigenvalue weighted by Gasteiger charge is -2.25. The number of carbonyl (C=O) groups is 3. The molecule has 0 saturated heterocycles. The molecule has 0 bridgehead atoms. The van der Waals surface area contributed by atoms with E-state index in [0.29, 0.717) is 37.0 Å². The highest BCUT2D eigenvalue weighted by Crippen LogP contribution is 2.36. The van der Waals surface area contributed by atoms with E-state index >= 15 is 0 Å². The standard InChI is InChI=1S/C15H14Cl2N2O3.C14H20ClNO2.C8H11Cl2NO.C5H12NO4P/c1-5-6-21-12-8-11(9(16)7-10(12)17)19-14(20)22-13(18-19)15(2,3)4;1-4-12-8-6-7-11(3)14(12)16(10-18-5-2)13(17)9-15;1-3-5-11(6-4-2)8(12)7(9)10;1-11(9,10)3-2-4(6)5(7)8/h1,7-8H,6H2,2-4H3;6-8H,4-5,9-10H2,1-3H3;3-4,7H,1-2,5-6H2;4H,2-3,6H2,1H3,(H,7,8)(H,9,10). The first kappa shape index (κ1) is 59.2. The van der Waals surface area contributed by atoms with E-state index < -0.39 is 35.4 Å². The first-order chi connectivity index (χ1) is 29.3. The SMILES string of the molecule is C#CCOc1cc(-n2nc(C(C)(C)C)oc2=O)c(Cl)cc1Cl.C=CCN(CC=C)C(=O)C(Cl)Cl.CCOCN(C(=O)CCl)c1c(C)cccc1CC.CP(=O)(O)CCC(N)C(=O)O. The number of para-hydroxylation sites is 1. The number of rotatable bonds is 18. The van der Waals surface area contributed by atoms with E-state index in [1.165, 1.54) is 23.7 Å². The van der Waals surface area contributed by atoms with Gasteiger partial charge in [-0.15, -0.1) is 36.3 Å². The summed E-state index contributed by atoms with van der Waals surface area (Å²) in [6.07, 6.45) is 9.24. The van der Waals surface area contributed by atoms with E-state index in [0.717, 1.165) is 27.9 Å².